The monoisotopic (exact) mass is 413 g/mol. The Bertz CT molecular complexity index is 1210. The van der Waals surface area contributed by atoms with Crippen molar-refractivity contribution in [2.75, 3.05) is 38.2 Å². The number of piperazine rings is 1. The van der Waals surface area contributed by atoms with Crippen LogP contribution in [0.1, 0.15) is 10.4 Å². The molecule has 0 saturated carbocycles. The van der Waals surface area contributed by atoms with Gasteiger partial charge in [-0.3, -0.25) is 9.36 Å². The second-order valence-corrected chi connectivity index (χ2v) is 7.49. The van der Waals surface area contributed by atoms with E-state index in [-0.39, 0.29) is 5.91 Å². The van der Waals surface area contributed by atoms with Crippen molar-refractivity contribution in [1.82, 2.24) is 19.4 Å². The number of nitrogens with zero attached hydrogens (tertiary/aromatic N) is 5. The van der Waals surface area contributed by atoms with Crippen LogP contribution in [0.4, 0.5) is 5.69 Å². The molecule has 1 saturated heterocycles. The van der Waals surface area contributed by atoms with Crippen molar-refractivity contribution >= 4 is 22.8 Å². The number of hydrogen-bond acceptors (Lipinski definition) is 5. The lowest BCUT2D eigenvalue weighted by Gasteiger charge is -2.36. The van der Waals surface area contributed by atoms with Crippen molar-refractivity contribution in [1.29, 1.82) is 0 Å². The highest BCUT2D eigenvalue weighted by molar-refractivity contribution is 5.95. The number of fused-ring (bicyclic) bond motifs is 1. The number of methoxy groups -OCH3 is 1. The molecule has 1 fully saturated rings. The van der Waals surface area contributed by atoms with Gasteiger partial charge in [0.2, 0.25) is 0 Å². The van der Waals surface area contributed by atoms with E-state index >= 15 is 0 Å². The lowest BCUT2D eigenvalue weighted by atomic mass is 10.1. The van der Waals surface area contributed by atoms with E-state index in [0.29, 0.717) is 18.7 Å². The maximum atomic E-state index is 13.2. The molecule has 0 N–H and O–H groups in total. The van der Waals surface area contributed by atoms with Crippen LogP contribution >= 0.6 is 0 Å². The summed E-state index contributed by atoms with van der Waals surface area (Å²) in [5.74, 6) is 0.895. The number of imidazole rings is 1. The van der Waals surface area contributed by atoms with Gasteiger partial charge in [-0.25, -0.2) is 9.97 Å². The molecule has 0 radical (unpaired) electrons. The highest BCUT2D eigenvalue weighted by atomic mass is 16.5. The molecule has 0 unspecified atom stereocenters. The number of benzene rings is 2. The molecular formula is C24H23N5O2. The second-order valence-electron chi connectivity index (χ2n) is 7.49. The predicted octanol–water partition coefficient (Wildman–Crippen LogP) is 3.39. The lowest BCUT2D eigenvalue weighted by Crippen LogP contribution is -2.48. The van der Waals surface area contributed by atoms with Crippen molar-refractivity contribution in [3.05, 3.63) is 78.8 Å². The molecule has 2 aromatic heterocycles. The van der Waals surface area contributed by atoms with Crippen LogP contribution in [0.25, 0.3) is 16.9 Å². The molecule has 7 heteroatoms. The molecule has 0 aliphatic carbocycles. The number of hydrogen-bond donors (Lipinski definition) is 0. The molecule has 1 amide bonds. The van der Waals surface area contributed by atoms with Gasteiger partial charge in [-0.05, 0) is 54.6 Å². The summed E-state index contributed by atoms with van der Waals surface area (Å²) >= 11 is 0. The first-order chi connectivity index (χ1) is 15.2. The van der Waals surface area contributed by atoms with Crippen LogP contribution in [0.5, 0.6) is 5.75 Å². The van der Waals surface area contributed by atoms with Crippen molar-refractivity contribution in [2.24, 2.45) is 0 Å². The summed E-state index contributed by atoms with van der Waals surface area (Å²) in [6.45, 7) is 2.97. The topological polar surface area (TPSA) is 63.5 Å². The maximum absolute atomic E-state index is 13.2. The van der Waals surface area contributed by atoms with Crippen LogP contribution in [0.3, 0.4) is 0 Å². The lowest BCUT2D eigenvalue weighted by molar-refractivity contribution is 0.0746. The van der Waals surface area contributed by atoms with Crippen LogP contribution in [0.2, 0.25) is 0 Å². The third-order valence-electron chi connectivity index (χ3n) is 5.68. The Labute approximate surface area is 180 Å². The van der Waals surface area contributed by atoms with Crippen LogP contribution in [-0.2, 0) is 0 Å². The Morgan fingerprint density at radius 1 is 0.903 bits per heavy atom. The number of carbonyl (C=O) groups is 1. The summed E-state index contributed by atoms with van der Waals surface area (Å²) in [5.41, 5.74) is 4.31. The van der Waals surface area contributed by atoms with Crippen LogP contribution in [0.15, 0.2) is 73.2 Å². The van der Waals surface area contributed by atoms with Crippen molar-refractivity contribution < 1.29 is 9.53 Å². The third-order valence-corrected chi connectivity index (χ3v) is 5.68. The fraction of sp³-hybridized carbons (Fsp3) is 0.208. The first-order valence-corrected chi connectivity index (χ1v) is 10.3. The van der Waals surface area contributed by atoms with Crippen molar-refractivity contribution in [3.63, 3.8) is 0 Å². The minimum atomic E-state index is 0.0496. The fourth-order valence-corrected chi connectivity index (χ4v) is 3.97. The normalized spacial score (nSPS) is 14.1. The minimum absolute atomic E-state index is 0.0496. The zero-order valence-corrected chi connectivity index (χ0v) is 17.3. The van der Waals surface area contributed by atoms with Gasteiger partial charge >= 0.3 is 0 Å². The largest absolute Gasteiger partial charge is 0.497 e. The molecule has 0 spiro atoms. The quantitative estimate of drug-likeness (QED) is 0.513. The van der Waals surface area contributed by atoms with Crippen molar-refractivity contribution in [3.8, 4) is 11.4 Å². The summed E-state index contributed by atoms with van der Waals surface area (Å²) in [6.07, 6.45) is 3.49. The van der Waals surface area contributed by atoms with Gasteiger partial charge in [-0.1, -0.05) is 6.07 Å². The van der Waals surface area contributed by atoms with Gasteiger partial charge in [0, 0.05) is 49.3 Å². The minimum Gasteiger partial charge on any atom is -0.497 e. The van der Waals surface area contributed by atoms with E-state index in [1.54, 1.807) is 19.6 Å². The van der Waals surface area contributed by atoms with Crippen LogP contribution in [-0.4, -0.2) is 58.6 Å². The number of pyridine rings is 1. The summed E-state index contributed by atoms with van der Waals surface area (Å²) in [4.78, 5) is 26.2. The Morgan fingerprint density at radius 3 is 2.48 bits per heavy atom. The number of carbonyl (C=O) groups excluding carboxylic acids is 1. The molecule has 156 valence electrons. The Balaban J connectivity index is 1.30. The smallest absolute Gasteiger partial charge is 0.254 e. The van der Waals surface area contributed by atoms with E-state index in [2.05, 4.69) is 27.0 Å². The standard InChI is InChI=1S/C24H23N5O2/c1-31-21-9-7-19(8-10-21)27-12-14-28(15-13-27)24(30)18-4-2-5-20(16-18)29-17-26-22-6-3-11-25-23(22)29/h2-11,16-17H,12-15H2,1H3. The maximum Gasteiger partial charge on any atom is 0.254 e. The Kier molecular flexibility index (Phi) is 5.00. The van der Waals surface area contributed by atoms with Gasteiger partial charge in [-0.2, -0.15) is 0 Å². The summed E-state index contributed by atoms with van der Waals surface area (Å²) in [7, 11) is 1.67. The highest BCUT2D eigenvalue weighted by Crippen LogP contribution is 2.22. The molecule has 2 aromatic carbocycles. The fourth-order valence-electron chi connectivity index (χ4n) is 3.97. The van der Waals surface area contributed by atoms with E-state index in [1.165, 1.54) is 0 Å². The van der Waals surface area contributed by atoms with Crippen LogP contribution in [0, 0.1) is 0 Å². The van der Waals surface area contributed by atoms with Gasteiger partial charge in [0.1, 0.15) is 17.6 Å². The van der Waals surface area contributed by atoms with Crippen LogP contribution < -0.4 is 9.64 Å². The number of amides is 1. The van der Waals surface area contributed by atoms with Gasteiger partial charge in [0.15, 0.2) is 5.65 Å². The number of ether oxygens (including phenoxy) is 1. The molecule has 5 rings (SSSR count). The summed E-state index contributed by atoms with van der Waals surface area (Å²) < 4.78 is 7.14. The summed E-state index contributed by atoms with van der Waals surface area (Å²) in [5, 5.41) is 0. The predicted molar refractivity (Wildman–Crippen MR) is 120 cm³/mol. The zero-order chi connectivity index (χ0) is 21.2. The third kappa shape index (κ3) is 3.70. The van der Waals surface area contributed by atoms with E-state index < -0.39 is 0 Å². The second kappa shape index (κ2) is 8.10. The Hall–Kier alpha value is -3.87. The average molecular weight is 413 g/mol. The molecule has 0 bridgehead atoms. The van der Waals surface area contributed by atoms with E-state index in [1.807, 2.05) is 58.0 Å². The number of anilines is 1. The van der Waals surface area contributed by atoms with Gasteiger partial charge in [0.25, 0.3) is 5.91 Å². The average Bonchev–Trinajstić information content (AvgIpc) is 3.28. The first kappa shape index (κ1) is 19.1. The van der Waals surface area contributed by atoms with Gasteiger partial charge in [0.05, 0.1) is 7.11 Å². The van der Waals surface area contributed by atoms with E-state index in [9.17, 15) is 4.79 Å². The summed E-state index contributed by atoms with van der Waals surface area (Å²) in [6, 6.07) is 19.5. The van der Waals surface area contributed by atoms with E-state index in [0.717, 1.165) is 41.4 Å². The molecule has 3 heterocycles. The highest BCUT2D eigenvalue weighted by Gasteiger charge is 2.23. The van der Waals surface area contributed by atoms with Gasteiger partial charge in [-0.15, -0.1) is 0 Å². The molecular weight excluding hydrogens is 390 g/mol. The molecule has 1 aliphatic heterocycles. The molecule has 1 aliphatic rings. The molecule has 4 aromatic rings. The number of aromatic nitrogens is 3. The van der Waals surface area contributed by atoms with E-state index in [4.69, 9.17) is 4.74 Å². The number of rotatable bonds is 4. The SMILES string of the molecule is COc1ccc(N2CCN(C(=O)c3cccc(-n4cnc5cccnc54)c3)CC2)cc1. The molecule has 31 heavy (non-hydrogen) atoms. The Morgan fingerprint density at radius 2 is 1.71 bits per heavy atom. The zero-order valence-electron chi connectivity index (χ0n) is 17.3. The van der Waals surface area contributed by atoms with Gasteiger partial charge < -0.3 is 14.5 Å². The van der Waals surface area contributed by atoms with Crippen molar-refractivity contribution in [2.45, 2.75) is 0 Å². The molecule has 0 atom stereocenters. The molecule has 7 nitrogen and oxygen atoms in total. The first-order valence-electron chi connectivity index (χ1n) is 10.3.